The van der Waals surface area contributed by atoms with Crippen LogP contribution in [0.15, 0.2) is 4.42 Å². The molecular formula is C9H18N4OS. The van der Waals surface area contributed by atoms with Crippen molar-refractivity contribution in [2.75, 3.05) is 31.0 Å². The van der Waals surface area contributed by atoms with Crippen molar-refractivity contribution in [3.05, 3.63) is 5.89 Å². The second-order valence-electron chi connectivity index (χ2n) is 3.42. The summed E-state index contributed by atoms with van der Waals surface area (Å²) in [7, 11) is 3.82. The Kier molecular flexibility index (Phi) is 4.90. The number of nitrogens with one attached hydrogen (secondary N) is 1. The summed E-state index contributed by atoms with van der Waals surface area (Å²) in [6.07, 6.45) is 2.09. The van der Waals surface area contributed by atoms with Crippen LogP contribution in [0, 0.1) is 0 Å². The van der Waals surface area contributed by atoms with Crippen molar-refractivity contribution in [3.63, 3.8) is 0 Å². The van der Waals surface area contributed by atoms with Gasteiger partial charge in [-0.1, -0.05) is 5.10 Å². The number of nitrogens with zero attached hydrogens (tertiary/aromatic N) is 3. The highest BCUT2D eigenvalue weighted by Gasteiger charge is 2.15. The number of rotatable bonds is 6. The van der Waals surface area contributed by atoms with Gasteiger partial charge >= 0.3 is 6.01 Å². The van der Waals surface area contributed by atoms with Crippen molar-refractivity contribution < 1.29 is 4.42 Å². The standard InChI is InChI=1S/C9H18N4OS/c1-7(6-15-4)13(3)9-12-11-8(14-9)5-10-2/h7,10H,5-6H2,1-4H3. The maximum Gasteiger partial charge on any atom is 0.318 e. The van der Waals surface area contributed by atoms with E-state index in [2.05, 4.69) is 28.7 Å². The van der Waals surface area contributed by atoms with Crippen molar-refractivity contribution >= 4 is 17.8 Å². The average Bonchev–Trinajstić information content (AvgIpc) is 2.66. The van der Waals surface area contributed by atoms with Crippen molar-refractivity contribution in [1.82, 2.24) is 15.5 Å². The van der Waals surface area contributed by atoms with Crippen molar-refractivity contribution in [3.8, 4) is 0 Å². The molecule has 1 aromatic rings. The fraction of sp³-hybridized carbons (Fsp3) is 0.778. The van der Waals surface area contributed by atoms with Crippen LogP contribution >= 0.6 is 11.8 Å². The van der Waals surface area contributed by atoms with E-state index < -0.39 is 0 Å². The lowest BCUT2D eigenvalue weighted by Crippen LogP contribution is -2.31. The minimum atomic E-state index is 0.392. The Balaban J connectivity index is 2.60. The molecule has 6 heteroatoms. The monoisotopic (exact) mass is 230 g/mol. The van der Waals surface area contributed by atoms with Crippen LogP contribution in [0.2, 0.25) is 0 Å². The van der Waals surface area contributed by atoms with Gasteiger partial charge in [-0.05, 0) is 20.2 Å². The molecule has 1 atom stereocenters. The first-order valence-corrected chi connectivity index (χ1v) is 6.27. The van der Waals surface area contributed by atoms with E-state index in [0.717, 1.165) is 5.75 Å². The van der Waals surface area contributed by atoms with Crippen LogP contribution in [0.4, 0.5) is 6.01 Å². The van der Waals surface area contributed by atoms with Gasteiger partial charge in [-0.3, -0.25) is 0 Å². The van der Waals surface area contributed by atoms with Gasteiger partial charge in [0.2, 0.25) is 5.89 Å². The molecule has 0 bridgehead atoms. The van der Waals surface area contributed by atoms with Crippen LogP contribution in [-0.2, 0) is 6.54 Å². The topological polar surface area (TPSA) is 54.2 Å². The summed E-state index contributed by atoms with van der Waals surface area (Å²) >= 11 is 1.81. The molecule has 0 aliphatic carbocycles. The second kappa shape index (κ2) is 5.97. The first-order valence-electron chi connectivity index (χ1n) is 4.87. The summed E-state index contributed by atoms with van der Waals surface area (Å²) in [4.78, 5) is 2.00. The summed E-state index contributed by atoms with van der Waals surface area (Å²) < 4.78 is 5.49. The van der Waals surface area contributed by atoms with E-state index in [4.69, 9.17) is 4.42 Å². The molecule has 0 fully saturated rings. The van der Waals surface area contributed by atoms with Gasteiger partial charge in [0.25, 0.3) is 0 Å². The molecule has 0 saturated heterocycles. The van der Waals surface area contributed by atoms with E-state index in [1.54, 1.807) is 11.8 Å². The van der Waals surface area contributed by atoms with Crippen molar-refractivity contribution in [2.45, 2.75) is 19.5 Å². The summed E-state index contributed by atoms with van der Waals surface area (Å²) in [6, 6.07) is 0.977. The number of thioether (sulfide) groups is 1. The molecule has 0 aliphatic heterocycles. The van der Waals surface area contributed by atoms with Gasteiger partial charge in [-0.15, -0.1) is 5.10 Å². The minimum absolute atomic E-state index is 0.392. The molecule has 1 rings (SSSR count). The van der Waals surface area contributed by atoms with E-state index in [1.165, 1.54) is 0 Å². The zero-order valence-corrected chi connectivity index (χ0v) is 10.5. The highest BCUT2D eigenvalue weighted by molar-refractivity contribution is 7.98. The van der Waals surface area contributed by atoms with Gasteiger partial charge in [0.15, 0.2) is 0 Å². The number of aromatic nitrogens is 2. The molecule has 0 aromatic carbocycles. The van der Waals surface area contributed by atoms with E-state index in [1.807, 2.05) is 19.0 Å². The first kappa shape index (κ1) is 12.3. The molecule has 0 aliphatic rings. The molecule has 0 radical (unpaired) electrons. The highest BCUT2D eigenvalue weighted by atomic mass is 32.2. The molecule has 0 spiro atoms. The Labute approximate surface area is 94.6 Å². The molecule has 0 saturated carbocycles. The molecule has 1 aromatic heterocycles. The lowest BCUT2D eigenvalue weighted by atomic mass is 10.4. The van der Waals surface area contributed by atoms with E-state index in [-0.39, 0.29) is 0 Å². The minimum Gasteiger partial charge on any atom is -0.407 e. The molecule has 1 unspecified atom stereocenters. The number of anilines is 1. The fourth-order valence-corrected chi connectivity index (χ4v) is 1.86. The Bertz CT molecular complexity index is 291. The van der Waals surface area contributed by atoms with Gasteiger partial charge in [0, 0.05) is 18.8 Å². The summed E-state index contributed by atoms with van der Waals surface area (Å²) in [5.74, 6) is 1.66. The van der Waals surface area contributed by atoms with Crippen molar-refractivity contribution in [1.29, 1.82) is 0 Å². The molecular weight excluding hydrogens is 212 g/mol. The predicted octanol–water partition coefficient (Wildman–Crippen LogP) is 0.977. The van der Waals surface area contributed by atoms with E-state index in [0.29, 0.717) is 24.5 Å². The van der Waals surface area contributed by atoms with Crippen LogP contribution in [0.25, 0.3) is 0 Å². The smallest absolute Gasteiger partial charge is 0.318 e. The maximum absolute atomic E-state index is 5.49. The van der Waals surface area contributed by atoms with E-state index >= 15 is 0 Å². The number of hydrogen-bond acceptors (Lipinski definition) is 6. The quantitative estimate of drug-likeness (QED) is 0.786. The van der Waals surface area contributed by atoms with Crippen LogP contribution in [0.1, 0.15) is 12.8 Å². The predicted molar refractivity (Wildman–Crippen MR) is 63.3 cm³/mol. The first-order chi connectivity index (χ1) is 7.19. The van der Waals surface area contributed by atoms with E-state index in [9.17, 15) is 0 Å². The van der Waals surface area contributed by atoms with Crippen molar-refractivity contribution in [2.24, 2.45) is 0 Å². The van der Waals surface area contributed by atoms with Gasteiger partial charge < -0.3 is 14.6 Å². The van der Waals surface area contributed by atoms with Crippen LogP contribution in [0.5, 0.6) is 0 Å². The SMILES string of the molecule is CNCc1nnc(N(C)C(C)CSC)o1. The van der Waals surface area contributed by atoms with Crippen LogP contribution < -0.4 is 10.2 Å². The van der Waals surface area contributed by atoms with Gasteiger partial charge in [-0.2, -0.15) is 11.8 Å². The normalized spacial score (nSPS) is 12.8. The Hall–Kier alpha value is -0.750. The molecule has 86 valence electrons. The lowest BCUT2D eigenvalue weighted by Gasteiger charge is -2.21. The van der Waals surface area contributed by atoms with Gasteiger partial charge in [0.1, 0.15) is 0 Å². The summed E-state index contributed by atoms with van der Waals surface area (Å²) in [5, 5.41) is 10.9. The Morgan fingerprint density at radius 2 is 2.27 bits per heavy atom. The third kappa shape index (κ3) is 3.39. The lowest BCUT2D eigenvalue weighted by molar-refractivity contribution is 0.469. The molecule has 5 nitrogen and oxygen atoms in total. The second-order valence-corrected chi connectivity index (χ2v) is 4.33. The summed E-state index contributed by atoms with van der Waals surface area (Å²) in [6.45, 7) is 2.75. The van der Waals surface area contributed by atoms with Crippen LogP contribution in [-0.4, -0.2) is 42.3 Å². The number of hydrogen-bond donors (Lipinski definition) is 1. The third-order valence-corrected chi connectivity index (χ3v) is 2.97. The van der Waals surface area contributed by atoms with Gasteiger partial charge in [-0.25, -0.2) is 0 Å². The molecule has 15 heavy (non-hydrogen) atoms. The molecule has 1 N–H and O–H groups in total. The average molecular weight is 230 g/mol. The zero-order valence-electron chi connectivity index (χ0n) is 9.65. The maximum atomic E-state index is 5.49. The highest BCUT2D eigenvalue weighted by Crippen LogP contribution is 2.14. The fourth-order valence-electron chi connectivity index (χ4n) is 1.15. The zero-order chi connectivity index (χ0) is 11.3. The Morgan fingerprint density at radius 3 is 2.87 bits per heavy atom. The third-order valence-electron chi connectivity index (χ3n) is 2.15. The molecule has 0 amide bonds. The summed E-state index contributed by atoms with van der Waals surface area (Å²) in [5.41, 5.74) is 0. The largest absolute Gasteiger partial charge is 0.407 e. The Morgan fingerprint density at radius 1 is 1.53 bits per heavy atom. The van der Waals surface area contributed by atoms with Crippen LogP contribution in [0.3, 0.4) is 0 Å². The molecule has 1 heterocycles. The van der Waals surface area contributed by atoms with Gasteiger partial charge in [0.05, 0.1) is 6.54 Å².